The number of nitrogens with one attached hydrogen (secondary N) is 1. The van der Waals surface area contributed by atoms with Crippen molar-refractivity contribution < 1.29 is 17.9 Å². The van der Waals surface area contributed by atoms with Crippen LogP contribution in [-0.4, -0.2) is 35.9 Å². The number of anilines is 1. The van der Waals surface area contributed by atoms with Gasteiger partial charge in [0.25, 0.3) is 0 Å². The maximum atomic E-state index is 11.9. The minimum absolute atomic E-state index is 0.0496. The molecule has 0 fully saturated rings. The number of ether oxygens (including phenoxy) is 1. The molecule has 0 aliphatic carbocycles. The van der Waals surface area contributed by atoms with E-state index in [1.165, 1.54) is 0 Å². The van der Waals surface area contributed by atoms with Gasteiger partial charge in [0, 0.05) is 18.0 Å². The summed E-state index contributed by atoms with van der Waals surface area (Å²) < 4.78 is 40.7. The van der Waals surface area contributed by atoms with Gasteiger partial charge in [-0.2, -0.15) is 13.2 Å². The van der Waals surface area contributed by atoms with E-state index in [9.17, 15) is 13.2 Å². The van der Waals surface area contributed by atoms with Crippen molar-refractivity contribution >= 4 is 21.7 Å². The molecule has 1 rings (SSSR count). The lowest BCUT2D eigenvalue weighted by atomic mass is 9.96. The highest BCUT2D eigenvalue weighted by atomic mass is 79.9. The van der Waals surface area contributed by atoms with E-state index in [-0.39, 0.29) is 18.6 Å². The molecule has 0 spiro atoms. The van der Waals surface area contributed by atoms with Gasteiger partial charge in [-0.1, -0.05) is 20.8 Å². The fourth-order valence-electron chi connectivity index (χ4n) is 1.28. The molecule has 8 heteroatoms. The SMILES string of the molecule is CC(C)(C)c1nc(Br)cc(NCCOCC(F)(F)F)n1. The van der Waals surface area contributed by atoms with Crippen LogP contribution in [0.25, 0.3) is 0 Å². The summed E-state index contributed by atoms with van der Waals surface area (Å²) in [6.45, 7) is 4.88. The lowest BCUT2D eigenvalue weighted by Gasteiger charge is -2.18. The Kier molecular flexibility index (Phi) is 5.76. The van der Waals surface area contributed by atoms with Gasteiger partial charge in [-0.05, 0) is 15.9 Å². The van der Waals surface area contributed by atoms with Crippen molar-refractivity contribution in [2.45, 2.75) is 32.4 Å². The summed E-state index contributed by atoms with van der Waals surface area (Å²) in [6, 6.07) is 1.67. The highest BCUT2D eigenvalue weighted by Crippen LogP contribution is 2.22. The number of halogens is 4. The van der Waals surface area contributed by atoms with Gasteiger partial charge in [-0.15, -0.1) is 0 Å². The van der Waals surface area contributed by atoms with Crippen molar-refractivity contribution in [2.75, 3.05) is 25.1 Å². The molecule has 0 amide bonds. The lowest BCUT2D eigenvalue weighted by Crippen LogP contribution is -2.21. The first-order valence-electron chi connectivity index (χ1n) is 6.01. The smallest absolute Gasteiger partial charge is 0.370 e. The Morgan fingerprint density at radius 1 is 1.25 bits per heavy atom. The number of alkyl halides is 3. The molecule has 0 radical (unpaired) electrons. The molecule has 4 nitrogen and oxygen atoms in total. The molecule has 0 saturated heterocycles. The van der Waals surface area contributed by atoms with Crippen LogP contribution in [0.2, 0.25) is 0 Å². The van der Waals surface area contributed by atoms with Gasteiger partial charge in [-0.25, -0.2) is 9.97 Å². The first-order chi connectivity index (χ1) is 9.08. The van der Waals surface area contributed by atoms with Gasteiger partial charge in [0.2, 0.25) is 0 Å². The van der Waals surface area contributed by atoms with Crippen molar-refractivity contribution in [1.82, 2.24) is 9.97 Å². The zero-order chi connectivity index (χ0) is 15.4. The molecule has 1 heterocycles. The first-order valence-corrected chi connectivity index (χ1v) is 6.81. The van der Waals surface area contributed by atoms with Crippen molar-refractivity contribution in [1.29, 1.82) is 0 Å². The molecule has 20 heavy (non-hydrogen) atoms. The van der Waals surface area contributed by atoms with E-state index < -0.39 is 12.8 Å². The lowest BCUT2D eigenvalue weighted by molar-refractivity contribution is -0.172. The zero-order valence-corrected chi connectivity index (χ0v) is 13.1. The summed E-state index contributed by atoms with van der Waals surface area (Å²) in [5.41, 5.74) is -0.215. The quantitative estimate of drug-likeness (QED) is 0.648. The summed E-state index contributed by atoms with van der Waals surface area (Å²) in [5, 5.41) is 2.91. The van der Waals surface area contributed by atoms with Crippen LogP contribution in [0.5, 0.6) is 0 Å². The standard InChI is InChI=1S/C12H17BrF3N3O/c1-11(2,3)10-18-8(13)6-9(19-10)17-4-5-20-7-12(14,15)16/h6H,4-5,7H2,1-3H3,(H,17,18,19). The van der Waals surface area contributed by atoms with E-state index in [0.29, 0.717) is 16.2 Å². The zero-order valence-electron chi connectivity index (χ0n) is 11.5. The molecule has 0 unspecified atom stereocenters. The van der Waals surface area contributed by atoms with Gasteiger partial charge >= 0.3 is 6.18 Å². The van der Waals surface area contributed by atoms with Gasteiger partial charge in [0.15, 0.2) is 0 Å². The van der Waals surface area contributed by atoms with Gasteiger partial charge in [0.1, 0.15) is 22.9 Å². The average molecular weight is 356 g/mol. The highest BCUT2D eigenvalue weighted by molar-refractivity contribution is 9.10. The number of hydrogen-bond acceptors (Lipinski definition) is 4. The van der Waals surface area contributed by atoms with Crippen LogP contribution in [0.1, 0.15) is 26.6 Å². The molecular weight excluding hydrogens is 339 g/mol. The normalized spacial score (nSPS) is 12.6. The number of nitrogens with zero attached hydrogens (tertiary/aromatic N) is 2. The highest BCUT2D eigenvalue weighted by Gasteiger charge is 2.27. The molecule has 114 valence electrons. The Bertz CT molecular complexity index is 447. The molecule has 0 aliphatic heterocycles. The van der Waals surface area contributed by atoms with Gasteiger partial charge in [0.05, 0.1) is 6.61 Å². The van der Waals surface area contributed by atoms with Gasteiger partial charge in [-0.3, -0.25) is 0 Å². The molecule has 0 saturated carbocycles. The van der Waals surface area contributed by atoms with Crippen LogP contribution in [0, 0.1) is 0 Å². The number of aromatic nitrogens is 2. The first kappa shape index (κ1) is 17.2. The Morgan fingerprint density at radius 2 is 1.90 bits per heavy atom. The largest absolute Gasteiger partial charge is 0.411 e. The minimum atomic E-state index is -4.29. The average Bonchev–Trinajstić information content (AvgIpc) is 2.25. The van der Waals surface area contributed by atoms with Crippen LogP contribution < -0.4 is 5.32 Å². The summed E-state index contributed by atoms with van der Waals surface area (Å²) in [4.78, 5) is 8.59. The molecule has 1 aromatic rings. The van der Waals surface area contributed by atoms with E-state index in [4.69, 9.17) is 0 Å². The maximum absolute atomic E-state index is 11.9. The van der Waals surface area contributed by atoms with Crippen LogP contribution in [0.3, 0.4) is 0 Å². The van der Waals surface area contributed by atoms with E-state index in [1.54, 1.807) is 6.07 Å². The molecule has 0 atom stereocenters. The molecular formula is C12H17BrF3N3O. The third-order valence-corrected chi connectivity index (χ3v) is 2.59. The van der Waals surface area contributed by atoms with E-state index in [0.717, 1.165) is 0 Å². The van der Waals surface area contributed by atoms with E-state index >= 15 is 0 Å². The van der Waals surface area contributed by atoms with Crippen LogP contribution >= 0.6 is 15.9 Å². The van der Waals surface area contributed by atoms with Crippen LogP contribution in [0.4, 0.5) is 19.0 Å². The Balaban J connectivity index is 2.50. The van der Waals surface area contributed by atoms with Crippen molar-refractivity contribution in [2.24, 2.45) is 0 Å². The second-order valence-corrected chi connectivity index (χ2v) is 6.06. The Labute approximate surface area is 124 Å². The number of rotatable bonds is 5. The predicted molar refractivity (Wildman–Crippen MR) is 73.8 cm³/mol. The second kappa shape index (κ2) is 6.71. The van der Waals surface area contributed by atoms with E-state index in [2.05, 4.69) is 36.0 Å². The maximum Gasteiger partial charge on any atom is 0.411 e. The topological polar surface area (TPSA) is 47.0 Å². The molecule has 1 N–H and O–H groups in total. The molecule has 0 aromatic carbocycles. The van der Waals surface area contributed by atoms with E-state index in [1.807, 2.05) is 20.8 Å². The minimum Gasteiger partial charge on any atom is -0.370 e. The second-order valence-electron chi connectivity index (χ2n) is 5.24. The Hall–Kier alpha value is -0.890. The Morgan fingerprint density at radius 3 is 2.45 bits per heavy atom. The summed E-state index contributed by atoms with van der Waals surface area (Å²) in [7, 11) is 0. The third-order valence-electron chi connectivity index (χ3n) is 2.18. The summed E-state index contributed by atoms with van der Waals surface area (Å²) in [6.07, 6.45) is -4.29. The molecule has 1 aromatic heterocycles. The fourth-order valence-corrected chi connectivity index (χ4v) is 1.67. The molecule has 0 aliphatic rings. The fraction of sp³-hybridized carbons (Fsp3) is 0.667. The summed E-state index contributed by atoms with van der Waals surface area (Å²) in [5.74, 6) is 1.19. The monoisotopic (exact) mass is 355 g/mol. The third kappa shape index (κ3) is 6.51. The van der Waals surface area contributed by atoms with Crippen LogP contribution in [0.15, 0.2) is 10.7 Å². The molecule has 0 bridgehead atoms. The van der Waals surface area contributed by atoms with Gasteiger partial charge < -0.3 is 10.1 Å². The van der Waals surface area contributed by atoms with Crippen molar-refractivity contribution in [3.05, 3.63) is 16.5 Å². The predicted octanol–water partition coefficient (Wildman–Crippen LogP) is 3.53. The van der Waals surface area contributed by atoms with Crippen LogP contribution in [-0.2, 0) is 10.2 Å². The number of hydrogen-bond donors (Lipinski definition) is 1. The van der Waals surface area contributed by atoms with Crippen molar-refractivity contribution in [3.8, 4) is 0 Å². The van der Waals surface area contributed by atoms with Crippen molar-refractivity contribution in [3.63, 3.8) is 0 Å². The summed E-state index contributed by atoms with van der Waals surface area (Å²) >= 11 is 3.28.